The van der Waals surface area contributed by atoms with Gasteiger partial charge in [0.2, 0.25) is 0 Å². The normalized spacial score (nSPS) is 10.3. The van der Waals surface area contributed by atoms with E-state index < -0.39 is 10.7 Å². The number of oxazole rings is 1. The van der Waals surface area contributed by atoms with Gasteiger partial charge in [-0.25, -0.2) is 4.79 Å². The minimum atomic E-state index is -0.575. The number of non-ortho nitro benzene ring substituents is 1. The summed E-state index contributed by atoms with van der Waals surface area (Å²) < 4.78 is 6.47. The molecule has 3 aromatic rings. The Morgan fingerprint density at radius 3 is 2.67 bits per heavy atom. The van der Waals surface area contributed by atoms with E-state index in [4.69, 9.17) is 4.42 Å². The first-order valence-electron chi connectivity index (χ1n) is 5.88. The number of nitro groups is 1. The second-order valence-corrected chi connectivity index (χ2v) is 4.26. The van der Waals surface area contributed by atoms with Crippen LogP contribution < -0.4 is 5.76 Å². The summed E-state index contributed by atoms with van der Waals surface area (Å²) in [6.45, 7) is 0.346. The van der Waals surface area contributed by atoms with E-state index in [1.807, 2.05) is 30.3 Å². The molecule has 0 aliphatic carbocycles. The van der Waals surface area contributed by atoms with E-state index >= 15 is 0 Å². The predicted octanol–water partition coefficient (Wildman–Crippen LogP) is 2.35. The van der Waals surface area contributed by atoms with Crippen LogP contribution in [0.5, 0.6) is 0 Å². The molecule has 0 saturated carbocycles. The predicted molar refractivity (Wildman–Crippen MR) is 71.5 cm³/mol. The molecule has 7 heteroatoms. The van der Waals surface area contributed by atoms with Gasteiger partial charge in [0.1, 0.15) is 0 Å². The van der Waals surface area contributed by atoms with Gasteiger partial charge >= 0.3 is 5.76 Å². The zero-order chi connectivity index (χ0) is 14.1. The van der Waals surface area contributed by atoms with Crippen LogP contribution in [-0.4, -0.2) is 9.49 Å². The number of nitrogens with zero attached hydrogens (tertiary/aromatic N) is 2. The molecule has 1 aromatic heterocycles. The van der Waals surface area contributed by atoms with Gasteiger partial charge in [0, 0.05) is 44.2 Å². The number of hydrogen-bond acceptors (Lipinski definition) is 4. The van der Waals surface area contributed by atoms with Crippen molar-refractivity contribution in [3.63, 3.8) is 0 Å². The fourth-order valence-electron chi connectivity index (χ4n) is 2.01. The van der Waals surface area contributed by atoms with E-state index in [0.717, 1.165) is 5.56 Å². The van der Waals surface area contributed by atoms with Crippen molar-refractivity contribution in [3.8, 4) is 0 Å². The van der Waals surface area contributed by atoms with Crippen LogP contribution in [0.1, 0.15) is 5.56 Å². The van der Waals surface area contributed by atoms with Gasteiger partial charge in [-0.15, -0.1) is 6.07 Å². The van der Waals surface area contributed by atoms with E-state index in [2.05, 4.69) is 6.07 Å². The minimum absolute atomic E-state index is 0. The molecule has 1 heterocycles. The van der Waals surface area contributed by atoms with E-state index in [1.54, 1.807) is 0 Å². The number of aromatic nitrogens is 1. The summed E-state index contributed by atoms with van der Waals surface area (Å²) in [6.07, 6.45) is 0. The summed E-state index contributed by atoms with van der Waals surface area (Å²) in [6, 6.07) is 14.6. The van der Waals surface area contributed by atoms with Crippen molar-refractivity contribution in [1.29, 1.82) is 0 Å². The first-order chi connectivity index (χ1) is 9.65. The Labute approximate surface area is 144 Å². The SMILES string of the molecule is O=c1oc2cc([N+](=O)[O-])[c-]cc2n1Cc1ccccc1.[Y]. The standard InChI is InChI=1S/C14H9N2O4.Y/c17-14-15(9-10-4-2-1-3-5-10)12-7-6-11(16(18)19)8-13(12)20-14;/h1-5,7-8H,9H2;/q-1;. The molecule has 3 rings (SSSR count). The minimum Gasteiger partial charge on any atom is -0.435 e. The quantitative estimate of drug-likeness (QED) is 0.409. The van der Waals surface area contributed by atoms with Crippen molar-refractivity contribution < 1.29 is 42.0 Å². The molecule has 6 nitrogen and oxygen atoms in total. The van der Waals surface area contributed by atoms with Crippen LogP contribution in [0.3, 0.4) is 0 Å². The molecule has 0 fully saturated rings. The number of fused-ring (bicyclic) bond motifs is 1. The van der Waals surface area contributed by atoms with Crippen molar-refractivity contribution in [2.24, 2.45) is 0 Å². The van der Waals surface area contributed by atoms with Crippen molar-refractivity contribution in [3.05, 3.63) is 74.8 Å². The Hall–Kier alpha value is -1.79. The smallest absolute Gasteiger partial charge is 0.406 e. The summed E-state index contributed by atoms with van der Waals surface area (Å²) in [5.41, 5.74) is 1.40. The molecule has 103 valence electrons. The molecule has 0 saturated heterocycles. The number of rotatable bonds is 3. The molecular weight excluding hydrogens is 349 g/mol. The summed E-state index contributed by atoms with van der Waals surface area (Å²) in [4.78, 5) is 21.9. The molecule has 0 aliphatic rings. The monoisotopic (exact) mass is 358 g/mol. The van der Waals surface area contributed by atoms with E-state index in [1.165, 1.54) is 16.7 Å². The summed E-state index contributed by atoms with van der Waals surface area (Å²) in [5.74, 6) is -0.544. The molecule has 0 amide bonds. The maximum absolute atomic E-state index is 11.8. The topological polar surface area (TPSA) is 78.3 Å². The van der Waals surface area contributed by atoms with E-state index in [9.17, 15) is 14.9 Å². The van der Waals surface area contributed by atoms with Gasteiger partial charge in [-0.3, -0.25) is 10.1 Å². The molecule has 0 atom stereocenters. The first-order valence-corrected chi connectivity index (χ1v) is 5.88. The van der Waals surface area contributed by atoms with Gasteiger partial charge < -0.3 is 8.98 Å². The Morgan fingerprint density at radius 1 is 1.29 bits per heavy atom. The van der Waals surface area contributed by atoms with Gasteiger partial charge in [-0.05, 0) is 11.1 Å². The average Bonchev–Trinajstić information content (AvgIpc) is 2.75. The maximum Gasteiger partial charge on any atom is 0.406 e. The second-order valence-electron chi connectivity index (χ2n) is 4.26. The van der Waals surface area contributed by atoms with Gasteiger partial charge in [0.25, 0.3) is 0 Å². The summed E-state index contributed by atoms with van der Waals surface area (Å²) >= 11 is 0. The van der Waals surface area contributed by atoms with Crippen molar-refractivity contribution in [1.82, 2.24) is 4.57 Å². The molecule has 0 N–H and O–H groups in total. The van der Waals surface area contributed by atoms with Crippen LogP contribution in [0.2, 0.25) is 0 Å². The second kappa shape index (κ2) is 6.32. The van der Waals surface area contributed by atoms with Gasteiger partial charge in [0.05, 0.1) is 5.58 Å². The van der Waals surface area contributed by atoms with Crippen LogP contribution in [0.4, 0.5) is 5.69 Å². The molecule has 0 aliphatic heterocycles. The van der Waals surface area contributed by atoms with Crippen molar-refractivity contribution in [2.45, 2.75) is 6.54 Å². The van der Waals surface area contributed by atoms with Crippen LogP contribution in [-0.2, 0) is 39.3 Å². The third-order valence-electron chi connectivity index (χ3n) is 2.97. The Bertz CT molecular complexity index is 839. The number of benzene rings is 2. The molecule has 2 aromatic carbocycles. The van der Waals surface area contributed by atoms with E-state index in [-0.39, 0.29) is 44.0 Å². The molecule has 0 bridgehead atoms. The molecule has 0 unspecified atom stereocenters. The molecule has 21 heavy (non-hydrogen) atoms. The third-order valence-corrected chi connectivity index (χ3v) is 2.97. The Morgan fingerprint density at radius 2 is 2.00 bits per heavy atom. The maximum atomic E-state index is 11.8. The van der Waals surface area contributed by atoms with Crippen molar-refractivity contribution in [2.75, 3.05) is 0 Å². The van der Waals surface area contributed by atoms with Gasteiger partial charge in [-0.1, -0.05) is 42.5 Å². The van der Waals surface area contributed by atoms with Crippen LogP contribution in [0.25, 0.3) is 11.1 Å². The average molecular weight is 358 g/mol. The fraction of sp³-hybridized carbons (Fsp3) is 0.0714. The fourth-order valence-corrected chi connectivity index (χ4v) is 2.01. The van der Waals surface area contributed by atoms with Crippen LogP contribution >= 0.6 is 0 Å². The summed E-state index contributed by atoms with van der Waals surface area (Å²) in [7, 11) is 0. The van der Waals surface area contributed by atoms with Crippen LogP contribution in [0, 0.1) is 16.2 Å². The Balaban J connectivity index is 0.00000161. The van der Waals surface area contributed by atoms with Crippen LogP contribution in [0.15, 0.2) is 51.7 Å². The molecule has 1 radical (unpaired) electrons. The largest absolute Gasteiger partial charge is 0.435 e. The number of nitro benzene ring substituents is 1. The van der Waals surface area contributed by atoms with Crippen molar-refractivity contribution >= 4 is 16.8 Å². The first kappa shape index (κ1) is 15.6. The molecule has 0 spiro atoms. The third kappa shape index (κ3) is 3.11. The number of hydrogen-bond donors (Lipinski definition) is 0. The summed E-state index contributed by atoms with van der Waals surface area (Å²) in [5, 5.41) is 10.7. The van der Waals surface area contributed by atoms with E-state index in [0.29, 0.717) is 12.1 Å². The zero-order valence-corrected chi connectivity index (χ0v) is 13.7. The van der Waals surface area contributed by atoms with Gasteiger partial charge in [0.15, 0.2) is 5.69 Å². The molecular formula is C14H9N2O4Y-. The zero-order valence-electron chi connectivity index (χ0n) is 10.9. The Kier molecular flexibility index (Phi) is 4.70. The van der Waals surface area contributed by atoms with Gasteiger partial charge in [-0.2, -0.15) is 0 Å².